The second kappa shape index (κ2) is 5.62. The molecule has 3 atom stereocenters. The largest absolute Gasteiger partial charge is 0.307 e. The maximum absolute atomic E-state index is 13.0. The Morgan fingerprint density at radius 2 is 2.05 bits per heavy atom. The Kier molecular flexibility index (Phi) is 4.29. The van der Waals surface area contributed by atoms with Crippen LogP contribution < -0.4 is 0 Å². The highest BCUT2D eigenvalue weighted by atomic mass is 31.2. The summed E-state index contributed by atoms with van der Waals surface area (Å²) >= 11 is 0. The Bertz CT molecular complexity index is 486. The van der Waals surface area contributed by atoms with Crippen LogP contribution in [0, 0.1) is 0 Å². The summed E-state index contributed by atoms with van der Waals surface area (Å²) in [5.74, 6) is 0. The zero-order chi connectivity index (χ0) is 14.0. The molecule has 104 valence electrons. The van der Waals surface area contributed by atoms with Crippen LogP contribution in [-0.4, -0.2) is 22.9 Å². The lowest BCUT2D eigenvalue weighted by Gasteiger charge is -2.29. The molecule has 0 amide bonds. The summed E-state index contributed by atoms with van der Waals surface area (Å²) in [6, 6.07) is 10.3. The zero-order valence-electron chi connectivity index (χ0n) is 11.8. The third-order valence-corrected chi connectivity index (χ3v) is 6.31. The van der Waals surface area contributed by atoms with Gasteiger partial charge in [-0.05, 0) is 26.3 Å². The lowest BCUT2D eigenvalue weighted by Crippen LogP contribution is -2.33. The van der Waals surface area contributed by atoms with Gasteiger partial charge < -0.3 is 4.52 Å². The van der Waals surface area contributed by atoms with E-state index in [4.69, 9.17) is 4.52 Å². The van der Waals surface area contributed by atoms with Gasteiger partial charge in [-0.15, -0.1) is 6.58 Å². The van der Waals surface area contributed by atoms with Crippen LogP contribution in [0.15, 0.2) is 43.0 Å². The van der Waals surface area contributed by atoms with Crippen LogP contribution >= 0.6 is 7.52 Å². The average molecular weight is 279 g/mol. The molecule has 0 N–H and O–H groups in total. The molecule has 1 aliphatic heterocycles. The van der Waals surface area contributed by atoms with E-state index in [1.165, 1.54) is 0 Å². The van der Waals surface area contributed by atoms with Crippen molar-refractivity contribution in [3.8, 4) is 0 Å². The first kappa shape index (κ1) is 14.5. The quantitative estimate of drug-likeness (QED) is 0.610. The molecule has 1 aromatic carbocycles. The summed E-state index contributed by atoms with van der Waals surface area (Å²) in [5, 5.41) is 0. The minimum Gasteiger partial charge on any atom is -0.307 e. The highest BCUT2D eigenvalue weighted by Gasteiger charge is 2.48. The minimum atomic E-state index is -2.80. The van der Waals surface area contributed by atoms with Gasteiger partial charge in [0.05, 0.1) is 6.16 Å². The van der Waals surface area contributed by atoms with Crippen LogP contribution in [0.4, 0.5) is 0 Å². The molecule has 1 heterocycles. The fraction of sp³-hybridized carbons (Fsp3) is 0.467. The fourth-order valence-electron chi connectivity index (χ4n) is 2.84. The maximum Gasteiger partial charge on any atom is 0.277 e. The predicted octanol–water partition coefficient (Wildman–Crippen LogP) is 4.24. The number of hydrogen-bond acceptors (Lipinski definition) is 2. The first-order chi connectivity index (χ1) is 8.99. The van der Waals surface area contributed by atoms with Crippen LogP contribution in [0.3, 0.4) is 0 Å². The van der Waals surface area contributed by atoms with Crippen LogP contribution in [0.1, 0.15) is 32.4 Å². The predicted molar refractivity (Wildman–Crippen MR) is 79.4 cm³/mol. The summed E-state index contributed by atoms with van der Waals surface area (Å²) in [4.78, 5) is 0. The Labute approximate surface area is 115 Å². The van der Waals surface area contributed by atoms with Gasteiger partial charge in [-0.2, -0.15) is 0 Å². The van der Waals surface area contributed by atoms with Crippen LogP contribution in [0.25, 0.3) is 0 Å². The van der Waals surface area contributed by atoms with E-state index in [9.17, 15) is 4.57 Å². The van der Waals surface area contributed by atoms with Crippen molar-refractivity contribution in [2.75, 3.05) is 6.16 Å². The second-order valence-electron chi connectivity index (χ2n) is 5.26. The molecule has 19 heavy (non-hydrogen) atoms. The van der Waals surface area contributed by atoms with Gasteiger partial charge in [0.25, 0.3) is 7.52 Å². The SMILES string of the molecule is C=CC[P@]1(=O)O[C@@H](c2ccccc2)[C@H](C)N1C(C)C. The Balaban J connectivity index is 2.36. The van der Waals surface area contributed by atoms with E-state index in [0.29, 0.717) is 6.16 Å². The van der Waals surface area contributed by atoms with Gasteiger partial charge in [0.15, 0.2) is 0 Å². The molecular formula is C15H22NO2P. The Morgan fingerprint density at radius 3 is 2.58 bits per heavy atom. The van der Waals surface area contributed by atoms with Crippen molar-refractivity contribution in [2.24, 2.45) is 0 Å². The number of nitrogens with zero attached hydrogens (tertiary/aromatic N) is 1. The van der Waals surface area contributed by atoms with Crippen molar-refractivity contribution in [3.63, 3.8) is 0 Å². The van der Waals surface area contributed by atoms with Crippen LogP contribution in [-0.2, 0) is 9.09 Å². The molecule has 1 aliphatic rings. The zero-order valence-corrected chi connectivity index (χ0v) is 12.7. The maximum atomic E-state index is 13.0. The topological polar surface area (TPSA) is 29.5 Å². The molecule has 0 saturated carbocycles. The number of hydrogen-bond donors (Lipinski definition) is 0. The van der Waals surface area contributed by atoms with Gasteiger partial charge in [-0.25, -0.2) is 4.67 Å². The molecule has 0 spiro atoms. The van der Waals surface area contributed by atoms with E-state index in [1.54, 1.807) is 6.08 Å². The molecule has 0 bridgehead atoms. The molecule has 1 aromatic rings. The van der Waals surface area contributed by atoms with Gasteiger partial charge in [0.1, 0.15) is 6.10 Å². The highest BCUT2D eigenvalue weighted by molar-refractivity contribution is 7.57. The van der Waals surface area contributed by atoms with E-state index in [0.717, 1.165) is 5.56 Å². The molecule has 3 nitrogen and oxygen atoms in total. The second-order valence-corrected chi connectivity index (χ2v) is 7.57. The van der Waals surface area contributed by atoms with E-state index < -0.39 is 7.52 Å². The number of benzene rings is 1. The summed E-state index contributed by atoms with van der Waals surface area (Å²) in [7, 11) is -2.80. The third-order valence-electron chi connectivity index (χ3n) is 3.50. The van der Waals surface area contributed by atoms with Gasteiger partial charge in [0, 0.05) is 12.1 Å². The molecule has 1 saturated heterocycles. The van der Waals surface area contributed by atoms with Crippen LogP contribution in [0.2, 0.25) is 0 Å². The number of rotatable bonds is 4. The number of allylic oxidation sites excluding steroid dienone is 1. The Morgan fingerprint density at radius 1 is 1.42 bits per heavy atom. The first-order valence-corrected chi connectivity index (χ1v) is 8.48. The van der Waals surface area contributed by atoms with Crippen molar-refractivity contribution in [1.29, 1.82) is 0 Å². The van der Waals surface area contributed by atoms with E-state index >= 15 is 0 Å². The van der Waals surface area contributed by atoms with E-state index in [1.807, 2.05) is 35.0 Å². The van der Waals surface area contributed by atoms with Crippen molar-refractivity contribution in [1.82, 2.24) is 4.67 Å². The standard InChI is InChI=1S/C15H22NO2P/c1-5-11-19(17)16(12(2)3)13(4)15(18-19)14-9-7-6-8-10-14/h5-10,12-13,15H,1,11H2,2-4H3/t13-,15+,19-/m0/s1. The lowest BCUT2D eigenvalue weighted by molar-refractivity contribution is 0.197. The molecule has 0 radical (unpaired) electrons. The molecule has 4 heteroatoms. The van der Waals surface area contributed by atoms with Crippen molar-refractivity contribution < 1.29 is 9.09 Å². The summed E-state index contributed by atoms with van der Waals surface area (Å²) in [6.07, 6.45) is 1.96. The molecular weight excluding hydrogens is 257 g/mol. The van der Waals surface area contributed by atoms with Crippen LogP contribution in [0.5, 0.6) is 0 Å². The van der Waals surface area contributed by atoms with Crippen molar-refractivity contribution >= 4 is 7.52 Å². The molecule has 2 rings (SSSR count). The lowest BCUT2D eigenvalue weighted by atomic mass is 10.0. The minimum absolute atomic E-state index is 0.105. The smallest absolute Gasteiger partial charge is 0.277 e. The first-order valence-electron chi connectivity index (χ1n) is 6.71. The normalized spacial score (nSPS) is 31.8. The fourth-order valence-corrected chi connectivity index (χ4v) is 5.58. The molecule has 1 fully saturated rings. The highest BCUT2D eigenvalue weighted by Crippen LogP contribution is 2.63. The van der Waals surface area contributed by atoms with Crippen molar-refractivity contribution in [2.45, 2.75) is 39.0 Å². The van der Waals surface area contributed by atoms with Gasteiger partial charge in [0.2, 0.25) is 0 Å². The van der Waals surface area contributed by atoms with Gasteiger partial charge in [-0.1, -0.05) is 36.4 Å². The molecule has 0 unspecified atom stereocenters. The molecule has 0 aromatic heterocycles. The average Bonchev–Trinajstić information content (AvgIpc) is 2.62. The molecule has 0 aliphatic carbocycles. The van der Waals surface area contributed by atoms with Gasteiger partial charge >= 0.3 is 0 Å². The summed E-state index contributed by atoms with van der Waals surface area (Å²) in [5.41, 5.74) is 1.09. The van der Waals surface area contributed by atoms with E-state index in [2.05, 4.69) is 27.4 Å². The third kappa shape index (κ3) is 2.69. The Hall–Kier alpha value is -0.890. The van der Waals surface area contributed by atoms with E-state index in [-0.39, 0.29) is 18.2 Å². The summed E-state index contributed by atoms with van der Waals surface area (Å²) in [6.45, 7) is 9.91. The van der Waals surface area contributed by atoms with Crippen molar-refractivity contribution in [3.05, 3.63) is 48.6 Å². The summed E-state index contributed by atoms with van der Waals surface area (Å²) < 4.78 is 21.0. The monoisotopic (exact) mass is 279 g/mol. The van der Waals surface area contributed by atoms with Gasteiger partial charge in [-0.3, -0.25) is 4.57 Å².